The van der Waals surface area contributed by atoms with E-state index in [0.29, 0.717) is 18.7 Å². The molecule has 0 saturated carbocycles. The Balaban J connectivity index is 1.90. The van der Waals surface area contributed by atoms with Gasteiger partial charge < -0.3 is 14.7 Å². The maximum absolute atomic E-state index is 10.9. The summed E-state index contributed by atoms with van der Waals surface area (Å²) >= 11 is 0. The van der Waals surface area contributed by atoms with Gasteiger partial charge in [0.05, 0.1) is 19.6 Å². The normalized spacial score (nSPS) is 27.8. The second-order valence-electron chi connectivity index (χ2n) is 5.93. The van der Waals surface area contributed by atoms with E-state index in [2.05, 4.69) is 23.6 Å². The minimum absolute atomic E-state index is 0.0573. The van der Waals surface area contributed by atoms with E-state index in [-0.39, 0.29) is 12.5 Å². The summed E-state index contributed by atoms with van der Waals surface area (Å²) in [5, 5.41) is 9.01. The van der Waals surface area contributed by atoms with E-state index in [0.717, 1.165) is 39.1 Å². The Morgan fingerprint density at radius 2 is 2.00 bits per heavy atom. The van der Waals surface area contributed by atoms with Crippen molar-refractivity contribution >= 4 is 5.97 Å². The number of aliphatic carboxylic acids is 1. The predicted octanol–water partition coefficient (Wildman–Crippen LogP) is 1.03. The molecular weight excluding hydrogens is 244 g/mol. The first-order valence-electron chi connectivity index (χ1n) is 7.37. The van der Waals surface area contributed by atoms with Crippen molar-refractivity contribution in [1.82, 2.24) is 9.80 Å². The lowest BCUT2D eigenvalue weighted by Gasteiger charge is -2.44. The van der Waals surface area contributed by atoms with Crippen molar-refractivity contribution in [2.24, 2.45) is 0 Å². The summed E-state index contributed by atoms with van der Waals surface area (Å²) in [5.41, 5.74) is 0. The SMILES string of the molecule is CC(C)N1CCC(N2CCOCC2CC(=O)O)CC1. The molecule has 0 spiro atoms. The van der Waals surface area contributed by atoms with E-state index in [1.54, 1.807) is 0 Å². The summed E-state index contributed by atoms with van der Waals surface area (Å²) in [6.45, 7) is 8.91. The van der Waals surface area contributed by atoms with E-state index in [4.69, 9.17) is 9.84 Å². The standard InChI is InChI=1S/C14H26N2O3/c1-11(2)15-5-3-12(4-6-15)16-7-8-19-10-13(16)9-14(17)18/h11-13H,3-10H2,1-2H3,(H,17,18). The minimum Gasteiger partial charge on any atom is -0.481 e. The molecule has 0 amide bonds. The summed E-state index contributed by atoms with van der Waals surface area (Å²) in [4.78, 5) is 15.8. The number of piperidine rings is 1. The van der Waals surface area contributed by atoms with Crippen LogP contribution in [0.5, 0.6) is 0 Å². The van der Waals surface area contributed by atoms with Gasteiger partial charge in [-0.15, -0.1) is 0 Å². The zero-order valence-corrected chi connectivity index (χ0v) is 12.0. The molecule has 2 rings (SSSR count). The van der Waals surface area contributed by atoms with Crippen LogP contribution in [0, 0.1) is 0 Å². The highest BCUT2D eigenvalue weighted by Crippen LogP contribution is 2.23. The van der Waals surface area contributed by atoms with Crippen molar-refractivity contribution in [2.45, 2.75) is 51.2 Å². The van der Waals surface area contributed by atoms with Gasteiger partial charge in [0.2, 0.25) is 0 Å². The Bertz CT molecular complexity index is 301. The summed E-state index contributed by atoms with van der Waals surface area (Å²) in [7, 11) is 0. The molecule has 5 heteroatoms. The molecule has 1 unspecified atom stereocenters. The Hall–Kier alpha value is -0.650. The Morgan fingerprint density at radius 1 is 1.32 bits per heavy atom. The van der Waals surface area contributed by atoms with Crippen LogP contribution >= 0.6 is 0 Å². The molecule has 110 valence electrons. The van der Waals surface area contributed by atoms with E-state index in [9.17, 15) is 4.79 Å². The fourth-order valence-corrected chi connectivity index (χ4v) is 3.26. The molecular formula is C14H26N2O3. The van der Waals surface area contributed by atoms with Crippen LogP contribution in [0.3, 0.4) is 0 Å². The van der Waals surface area contributed by atoms with E-state index in [1.807, 2.05) is 0 Å². The number of carboxylic acids is 1. The molecule has 2 aliphatic rings. The molecule has 0 aliphatic carbocycles. The third-order valence-corrected chi connectivity index (χ3v) is 4.38. The number of carboxylic acid groups (broad SMARTS) is 1. The highest BCUT2D eigenvalue weighted by atomic mass is 16.5. The van der Waals surface area contributed by atoms with E-state index < -0.39 is 5.97 Å². The van der Waals surface area contributed by atoms with Gasteiger partial charge in [-0.2, -0.15) is 0 Å². The van der Waals surface area contributed by atoms with E-state index in [1.165, 1.54) is 0 Å². The smallest absolute Gasteiger partial charge is 0.305 e. The molecule has 0 aromatic carbocycles. The number of hydrogen-bond donors (Lipinski definition) is 1. The van der Waals surface area contributed by atoms with Crippen molar-refractivity contribution < 1.29 is 14.6 Å². The zero-order chi connectivity index (χ0) is 13.8. The molecule has 2 aliphatic heterocycles. The van der Waals surface area contributed by atoms with Gasteiger partial charge in [-0.05, 0) is 39.8 Å². The second-order valence-corrected chi connectivity index (χ2v) is 5.93. The molecule has 1 atom stereocenters. The molecule has 0 bridgehead atoms. The number of rotatable bonds is 4. The van der Waals surface area contributed by atoms with Crippen LogP contribution in [0.2, 0.25) is 0 Å². The lowest BCUT2D eigenvalue weighted by molar-refractivity contribution is -0.141. The lowest BCUT2D eigenvalue weighted by Crippen LogP contribution is -2.55. The van der Waals surface area contributed by atoms with Gasteiger partial charge in [0.1, 0.15) is 0 Å². The molecule has 1 N–H and O–H groups in total. The van der Waals surface area contributed by atoms with Crippen LogP contribution in [0.15, 0.2) is 0 Å². The summed E-state index contributed by atoms with van der Waals surface area (Å²) < 4.78 is 5.45. The van der Waals surface area contributed by atoms with Crippen LogP contribution < -0.4 is 0 Å². The van der Waals surface area contributed by atoms with Gasteiger partial charge in [-0.1, -0.05) is 0 Å². The number of carbonyl (C=O) groups is 1. The molecule has 0 aromatic rings. The van der Waals surface area contributed by atoms with Gasteiger partial charge >= 0.3 is 5.97 Å². The summed E-state index contributed by atoms with van der Waals surface area (Å²) in [6, 6.07) is 1.20. The van der Waals surface area contributed by atoms with Gasteiger partial charge in [-0.25, -0.2) is 0 Å². The van der Waals surface area contributed by atoms with Crippen molar-refractivity contribution in [3.8, 4) is 0 Å². The number of nitrogens with zero attached hydrogens (tertiary/aromatic N) is 2. The molecule has 2 saturated heterocycles. The third-order valence-electron chi connectivity index (χ3n) is 4.38. The Morgan fingerprint density at radius 3 is 2.58 bits per heavy atom. The maximum Gasteiger partial charge on any atom is 0.305 e. The molecule has 5 nitrogen and oxygen atoms in total. The topological polar surface area (TPSA) is 53.0 Å². The Kier molecular flexibility index (Phi) is 5.19. The maximum atomic E-state index is 10.9. The van der Waals surface area contributed by atoms with Crippen LogP contribution in [-0.4, -0.2) is 71.8 Å². The van der Waals surface area contributed by atoms with Crippen LogP contribution in [0.25, 0.3) is 0 Å². The van der Waals surface area contributed by atoms with Gasteiger partial charge in [0, 0.05) is 24.7 Å². The van der Waals surface area contributed by atoms with Crippen LogP contribution in [0.1, 0.15) is 33.1 Å². The number of morpholine rings is 1. The molecule has 0 radical (unpaired) electrons. The second kappa shape index (κ2) is 6.68. The average molecular weight is 270 g/mol. The first-order valence-corrected chi connectivity index (χ1v) is 7.37. The van der Waals surface area contributed by atoms with Gasteiger partial charge in [0.25, 0.3) is 0 Å². The van der Waals surface area contributed by atoms with Crippen molar-refractivity contribution in [2.75, 3.05) is 32.8 Å². The highest BCUT2D eigenvalue weighted by molar-refractivity contribution is 5.67. The van der Waals surface area contributed by atoms with Crippen LogP contribution in [-0.2, 0) is 9.53 Å². The first kappa shape index (κ1) is 14.8. The number of ether oxygens (including phenoxy) is 1. The van der Waals surface area contributed by atoms with Gasteiger partial charge in [0.15, 0.2) is 0 Å². The Labute approximate surface area is 115 Å². The van der Waals surface area contributed by atoms with E-state index >= 15 is 0 Å². The first-order chi connectivity index (χ1) is 9.08. The lowest BCUT2D eigenvalue weighted by atomic mass is 9.98. The fraction of sp³-hybridized carbons (Fsp3) is 0.929. The van der Waals surface area contributed by atoms with Crippen molar-refractivity contribution in [3.63, 3.8) is 0 Å². The third kappa shape index (κ3) is 3.91. The summed E-state index contributed by atoms with van der Waals surface area (Å²) in [6.07, 6.45) is 2.49. The van der Waals surface area contributed by atoms with Crippen molar-refractivity contribution in [1.29, 1.82) is 0 Å². The molecule has 2 fully saturated rings. The largest absolute Gasteiger partial charge is 0.481 e. The van der Waals surface area contributed by atoms with Gasteiger partial charge in [-0.3, -0.25) is 9.69 Å². The van der Waals surface area contributed by atoms with Crippen LogP contribution in [0.4, 0.5) is 0 Å². The number of likely N-dealkylation sites (tertiary alicyclic amines) is 1. The molecule has 19 heavy (non-hydrogen) atoms. The minimum atomic E-state index is -0.722. The average Bonchev–Trinajstić information content (AvgIpc) is 2.39. The zero-order valence-electron chi connectivity index (χ0n) is 12.0. The summed E-state index contributed by atoms with van der Waals surface area (Å²) in [5.74, 6) is -0.722. The molecule has 2 heterocycles. The monoisotopic (exact) mass is 270 g/mol. The number of hydrogen-bond acceptors (Lipinski definition) is 4. The predicted molar refractivity (Wildman–Crippen MR) is 73.3 cm³/mol. The highest BCUT2D eigenvalue weighted by Gasteiger charge is 2.33. The molecule has 0 aromatic heterocycles. The fourth-order valence-electron chi connectivity index (χ4n) is 3.26. The van der Waals surface area contributed by atoms with Crippen molar-refractivity contribution in [3.05, 3.63) is 0 Å². The quantitative estimate of drug-likeness (QED) is 0.827.